The maximum atomic E-state index is 13.2. The van der Waals surface area contributed by atoms with Gasteiger partial charge in [0.25, 0.3) is 0 Å². The molecule has 1 aromatic carbocycles. The lowest BCUT2D eigenvalue weighted by atomic mass is 9.96. The van der Waals surface area contributed by atoms with Crippen LogP contribution in [0.4, 0.5) is 0 Å². The molecule has 3 aromatic rings. The van der Waals surface area contributed by atoms with E-state index in [0.29, 0.717) is 24.7 Å². The highest BCUT2D eigenvalue weighted by Gasteiger charge is 2.40. The second kappa shape index (κ2) is 8.54. The van der Waals surface area contributed by atoms with Gasteiger partial charge in [-0.25, -0.2) is 0 Å². The lowest BCUT2D eigenvalue weighted by Gasteiger charge is -2.24. The van der Waals surface area contributed by atoms with Crippen molar-refractivity contribution in [3.8, 4) is 5.00 Å². The molecule has 182 valence electrons. The Hall–Kier alpha value is -2.55. The molecule has 7 nitrogen and oxygen atoms in total. The van der Waals surface area contributed by atoms with Crippen LogP contribution in [0.3, 0.4) is 0 Å². The molecule has 1 fully saturated rings. The van der Waals surface area contributed by atoms with Crippen molar-refractivity contribution in [3.05, 3.63) is 62.5 Å². The minimum Gasteiger partial charge on any atom is -0.381 e. The monoisotopic (exact) mass is 509 g/mol. The summed E-state index contributed by atoms with van der Waals surface area (Å²) in [6, 6.07) is 8.05. The quantitative estimate of drug-likeness (QED) is 0.568. The Kier molecular flexibility index (Phi) is 5.58. The smallest absolute Gasteiger partial charge is 0.224 e. The Balaban J connectivity index is 1.44. The van der Waals surface area contributed by atoms with Gasteiger partial charge < -0.3 is 10.1 Å². The van der Waals surface area contributed by atoms with E-state index in [-0.39, 0.29) is 17.9 Å². The number of aryl methyl sites for hydroxylation is 1. The summed E-state index contributed by atoms with van der Waals surface area (Å²) in [5.41, 5.74) is 3.43. The number of amides is 1. The van der Waals surface area contributed by atoms with Gasteiger partial charge in [-0.3, -0.25) is 14.4 Å². The number of nitrogens with zero attached hydrogens (tertiary/aromatic N) is 4. The summed E-state index contributed by atoms with van der Waals surface area (Å²) in [4.78, 5) is 19.7. The van der Waals surface area contributed by atoms with Gasteiger partial charge in [0.15, 0.2) is 5.82 Å². The van der Waals surface area contributed by atoms with Crippen molar-refractivity contribution in [3.63, 3.8) is 0 Å². The van der Waals surface area contributed by atoms with Crippen molar-refractivity contribution in [1.29, 1.82) is 0 Å². The first-order chi connectivity index (χ1) is 16.8. The number of nitrogens with one attached hydrogen (secondary N) is 1. The molecule has 0 bridgehead atoms. The number of hydrogen-bond acceptors (Lipinski definition) is 6. The van der Waals surface area contributed by atoms with Crippen LogP contribution in [0.25, 0.3) is 5.00 Å². The van der Waals surface area contributed by atoms with Crippen LogP contribution in [0.2, 0.25) is 5.02 Å². The van der Waals surface area contributed by atoms with Crippen LogP contribution in [0.15, 0.2) is 29.3 Å². The molecule has 2 aliphatic heterocycles. The average Bonchev–Trinajstić information content (AvgIpc) is 3.49. The summed E-state index contributed by atoms with van der Waals surface area (Å²) in [5.74, 6) is 1.71. The zero-order valence-corrected chi connectivity index (χ0v) is 21.7. The molecular formula is C26H28ClN5O2S. The van der Waals surface area contributed by atoms with Crippen LogP contribution in [0.5, 0.6) is 0 Å². The fraction of sp³-hybridized carbons (Fsp3) is 0.462. The molecule has 0 unspecified atom stereocenters. The van der Waals surface area contributed by atoms with E-state index in [0.717, 1.165) is 52.8 Å². The van der Waals surface area contributed by atoms with Crippen LogP contribution in [-0.4, -0.2) is 45.6 Å². The molecule has 1 N–H and O–H groups in total. The minimum atomic E-state index is -0.597. The highest BCUT2D eigenvalue weighted by Crippen LogP contribution is 2.45. The zero-order chi connectivity index (χ0) is 24.3. The molecular weight excluding hydrogens is 482 g/mol. The Bertz CT molecular complexity index is 1350. The van der Waals surface area contributed by atoms with E-state index in [2.05, 4.69) is 33.9 Å². The fourth-order valence-electron chi connectivity index (χ4n) is 5.40. The van der Waals surface area contributed by atoms with Gasteiger partial charge in [0, 0.05) is 46.2 Å². The molecule has 0 saturated carbocycles. The second-order valence-corrected chi connectivity index (χ2v) is 11.6. The second-order valence-electron chi connectivity index (χ2n) is 10.1. The molecule has 35 heavy (non-hydrogen) atoms. The molecule has 3 aliphatic rings. The molecule has 6 rings (SSSR count). The highest BCUT2D eigenvalue weighted by molar-refractivity contribution is 7.15. The van der Waals surface area contributed by atoms with Crippen LogP contribution in [0.1, 0.15) is 59.9 Å². The maximum Gasteiger partial charge on any atom is 0.224 e. The number of fused-ring (bicyclic) bond motifs is 5. The molecule has 4 heterocycles. The number of aliphatic imine (C=N–C) groups is 1. The van der Waals surface area contributed by atoms with E-state index in [4.69, 9.17) is 21.3 Å². The van der Waals surface area contributed by atoms with Gasteiger partial charge >= 0.3 is 0 Å². The molecule has 0 radical (unpaired) electrons. The number of ether oxygens (including phenoxy) is 1. The third-order valence-corrected chi connectivity index (χ3v) is 8.79. The largest absolute Gasteiger partial charge is 0.381 e. The lowest BCUT2D eigenvalue weighted by Crippen LogP contribution is -2.42. The lowest BCUT2D eigenvalue weighted by molar-refractivity contribution is -0.126. The zero-order valence-electron chi connectivity index (χ0n) is 20.1. The Labute approximate surface area is 213 Å². The molecule has 2 aromatic heterocycles. The fourth-order valence-corrected chi connectivity index (χ4v) is 7.09. The van der Waals surface area contributed by atoms with Gasteiger partial charge in [0.2, 0.25) is 5.91 Å². The first kappa shape index (κ1) is 22.9. The van der Waals surface area contributed by atoms with Gasteiger partial charge in [-0.2, -0.15) is 0 Å². The molecule has 9 heteroatoms. The Morgan fingerprint density at radius 2 is 1.97 bits per heavy atom. The van der Waals surface area contributed by atoms with Crippen molar-refractivity contribution >= 4 is 34.6 Å². The number of hydrogen-bond donors (Lipinski definition) is 1. The van der Waals surface area contributed by atoms with Gasteiger partial charge in [0.1, 0.15) is 16.4 Å². The first-order valence-electron chi connectivity index (χ1n) is 12.1. The molecule has 1 aliphatic carbocycles. The van der Waals surface area contributed by atoms with Crippen molar-refractivity contribution in [2.75, 3.05) is 13.2 Å². The first-order valence-corrected chi connectivity index (χ1v) is 13.3. The number of carbonyl (C=O) groups is 1. The van der Waals surface area contributed by atoms with Gasteiger partial charge in [0.05, 0.1) is 5.71 Å². The van der Waals surface area contributed by atoms with E-state index < -0.39 is 5.54 Å². The van der Waals surface area contributed by atoms with Crippen LogP contribution >= 0.6 is 22.9 Å². The highest BCUT2D eigenvalue weighted by atomic mass is 35.5. The minimum absolute atomic E-state index is 0.0744. The van der Waals surface area contributed by atoms with Gasteiger partial charge in [-0.05, 0) is 58.1 Å². The predicted molar refractivity (Wildman–Crippen MR) is 137 cm³/mol. The normalized spacial score (nSPS) is 21.0. The number of thiophene rings is 1. The van der Waals surface area contributed by atoms with Crippen LogP contribution in [-0.2, 0) is 27.9 Å². The summed E-state index contributed by atoms with van der Waals surface area (Å²) in [7, 11) is 0. The van der Waals surface area contributed by atoms with E-state index >= 15 is 0 Å². The Morgan fingerprint density at radius 3 is 2.74 bits per heavy atom. The van der Waals surface area contributed by atoms with Gasteiger partial charge in [-0.1, -0.05) is 29.8 Å². The third-order valence-electron chi connectivity index (χ3n) is 7.23. The van der Waals surface area contributed by atoms with Crippen LogP contribution in [0, 0.1) is 12.8 Å². The number of rotatable bonds is 3. The predicted octanol–water partition coefficient (Wildman–Crippen LogP) is 4.39. The van der Waals surface area contributed by atoms with Gasteiger partial charge in [-0.15, -0.1) is 21.5 Å². The molecule has 1 amide bonds. The third kappa shape index (κ3) is 3.82. The van der Waals surface area contributed by atoms with Crippen molar-refractivity contribution < 1.29 is 9.53 Å². The summed E-state index contributed by atoms with van der Waals surface area (Å²) >= 11 is 8.44. The average molecular weight is 510 g/mol. The van der Waals surface area contributed by atoms with Crippen molar-refractivity contribution in [2.24, 2.45) is 10.9 Å². The SMILES string of the molecule is Cc1nnc2n1-c1sc3c(c1C(c1ccccc1Cl)=NC2(C)C)C[C@H](C(=O)NC1CCOCC1)C3. The number of carbonyl (C=O) groups excluding carboxylic acids is 1. The summed E-state index contributed by atoms with van der Waals surface area (Å²) in [6.07, 6.45) is 3.18. The van der Waals surface area contributed by atoms with Crippen molar-refractivity contribution in [2.45, 2.75) is 58.0 Å². The number of benzene rings is 1. The van der Waals surface area contributed by atoms with E-state index in [1.165, 1.54) is 10.4 Å². The topological polar surface area (TPSA) is 81.4 Å². The summed E-state index contributed by atoms with van der Waals surface area (Å²) in [6.45, 7) is 7.52. The van der Waals surface area contributed by atoms with E-state index in [1.54, 1.807) is 11.3 Å². The maximum absolute atomic E-state index is 13.2. The van der Waals surface area contributed by atoms with Crippen molar-refractivity contribution in [1.82, 2.24) is 20.1 Å². The number of halogens is 1. The summed E-state index contributed by atoms with van der Waals surface area (Å²) in [5, 5.41) is 13.9. The number of aromatic nitrogens is 3. The molecule has 1 atom stereocenters. The van der Waals surface area contributed by atoms with E-state index in [1.807, 2.05) is 31.2 Å². The van der Waals surface area contributed by atoms with Crippen LogP contribution < -0.4 is 5.32 Å². The molecule has 0 spiro atoms. The van der Waals surface area contributed by atoms with E-state index in [9.17, 15) is 4.79 Å². The Morgan fingerprint density at radius 1 is 1.20 bits per heavy atom. The summed E-state index contributed by atoms with van der Waals surface area (Å²) < 4.78 is 7.59. The standard InChI is InChI=1S/C26H28ClN5O2S/c1-14-30-31-25-26(2,3)29-22(17-6-4-5-7-19(17)27)21-18-12-15(13-20(18)35-24(21)32(14)25)23(33)28-16-8-10-34-11-9-16/h4-7,15-16H,8-13H2,1-3H3,(H,28,33)/t15-/m0/s1. The molecule has 1 saturated heterocycles.